The fraction of sp³-hybridized carbons (Fsp3) is 0.250. The topological polar surface area (TPSA) is 75.3 Å². The van der Waals surface area contributed by atoms with Crippen molar-refractivity contribution in [2.75, 3.05) is 12.0 Å². The number of nitrogens with one attached hydrogen (secondary N) is 2. The van der Waals surface area contributed by atoms with Crippen LogP contribution in [0.25, 0.3) is 6.08 Å². The average Bonchev–Trinajstić information content (AvgIpc) is 2.69. The molecule has 1 amide bonds. The number of halogens is 2. The lowest BCUT2D eigenvalue weighted by atomic mass is 10.2. The van der Waals surface area contributed by atoms with E-state index >= 15 is 0 Å². The van der Waals surface area contributed by atoms with Gasteiger partial charge in [-0.3, -0.25) is 4.79 Å². The molecule has 0 saturated carbocycles. The third kappa shape index (κ3) is 8.40. The summed E-state index contributed by atoms with van der Waals surface area (Å²) in [6.45, 7) is 0.173. The molecule has 0 fully saturated rings. The standard InChI is InChI=1S/C20H22Cl2N2O3S2/c1-28-11-9-19(20(25)23-14-16-7-8-17(21)13-18(16)22)24-29(26,27)12-10-15-5-3-2-4-6-15/h2-8,10,12-13,19,24H,9,11,14H2,1H3,(H,23,25)/b12-10+. The summed E-state index contributed by atoms with van der Waals surface area (Å²) in [5.41, 5.74) is 1.44. The van der Waals surface area contributed by atoms with E-state index in [9.17, 15) is 13.2 Å². The third-order valence-corrected chi connectivity index (χ3v) is 6.28. The molecular weight excluding hydrogens is 451 g/mol. The van der Waals surface area contributed by atoms with Gasteiger partial charge in [0, 0.05) is 22.0 Å². The van der Waals surface area contributed by atoms with Crippen molar-refractivity contribution in [3.05, 3.63) is 75.1 Å². The van der Waals surface area contributed by atoms with Crippen molar-refractivity contribution in [3.8, 4) is 0 Å². The lowest BCUT2D eigenvalue weighted by molar-refractivity contribution is -0.122. The Morgan fingerprint density at radius 2 is 1.90 bits per heavy atom. The Balaban J connectivity index is 2.04. The van der Waals surface area contributed by atoms with Gasteiger partial charge in [0.15, 0.2) is 0 Å². The quantitative estimate of drug-likeness (QED) is 0.539. The van der Waals surface area contributed by atoms with Crippen LogP contribution in [0.3, 0.4) is 0 Å². The Hall–Kier alpha value is -1.51. The first kappa shape index (κ1) is 23.8. The Labute approximate surface area is 185 Å². The predicted molar refractivity (Wildman–Crippen MR) is 123 cm³/mol. The van der Waals surface area contributed by atoms with Gasteiger partial charge in [-0.25, -0.2) is 8.42 Å². The first-order valence-corrected chi connectivity index (χ1v) is 12.5. The third-order valence-electron chi connectivity index (χ3n) is 3.94. The zero-order valence-corrected chi connectivity index (χ0v) is 18.9. The molecule has 0 saturated heterocycles. The number of rotatable bonds is 10. The summed E-state index contributed by atoms with van der Waals surface area (Å²) in [7, 11) is -3.80. The molecule has 29 heavy (non-hydrogen) atoms. The van der Waals surface area contributed by atoms with Crippen molar-refractivity contribution in [1.82, 2.24) is 10.0 Å². The number of amides is 1. The first-order valence-electron chi connectivity index (χ1n) is 8.77. The number of hydrogen-bond donors (Lipinski definition) is 2. The van der Waals surface area contributed by atoms with Crippen molar-refractivity contribution in [3.63, 3.8) is 0 Å². The molecule has 0 radical (unpaired) electrons. The maximum absolute atomic E-state index is 12.6. The van der Waals surface area contributed by atoms with Crippen LogP contribution in [0.4, 0.5) is 0 Å². The highest BCUT2D eigenvalue weighted by Gasteiger charge is 2.22. The number of carbonyl (C=O) groups is 1. The Kier molecular flexibility index (Phi) is 9.52. The molecule has 0 bridgehead atoms. The zero-order valence-electron chi connectivity index (χ0n) is 15.8. The summed E-state index contributed by atoms with van der Waals surface area (Å²) >= 11 is 13.5. The fourth-order valence-corrected chi connectivity index (χ4v) is 4.40. The van der Waals surface area contributed by atoms with Crippen LogP contribution in [-0.2, 0) is 21.4 Å². The van der Waals surface area contributed by atoms with E-state index in [4.69, 9.17) is 23.2 Å². The van der Waals surface area contributed by atoms with Gasteiger partial charge in [0.1, 0.15) is 6.04 Å². The van der Waals surface area contributed by atoms with E-state index in [1.165, 1.54) is 17.8 Å². The molecule has 9 heteroatoms. The van der Waals surface area contributed by atoms with Crippen LogP contribution in [0.15, 0.2) is 53.9 Å². The Morgan fingerprint density at radius 1 is 1.17 bits per heavy atom. The predicted octanol–water partition coefficient (Wildman–Crippen LogP) is 4.32. The molecule has 156 valence electrons. The molecule has 2 N–H and O–H groups in total. The van der Waals surface area contributed by atoms with Gasteiger partial charge >= 0.3 is 0 Å². The molecule has 5 nitrogen and oxygen atoms in total. The van der Waals surface area contributed by atoms with Crippen LogP contribution < -0.4 is 10.0 Å². The lowest BCUT2D eigenvalue weighted by Gasteiger charge is -2.17. The second kappa shape index (κ2) is 11.6. The highest BCUT2D eigenvalue weighted by molar-refractivity contribution is 7.98. The van der Waals surface area contributed by atoms with Crippen LogP contribution in [0, 0.1) is 0 Å². The molecule has 0 aromatic heterocycles. The van der Waals surface area contributed by atoms with Crippen LogP contribution in [0.2, 0.25) is 10.0 Å². The van der Waals surface area contributed by atoms with Gasteiger partial charge in [-0.1, -0.05) is 59.6 Å². The summed E-state index contributed by atoms with van der Waals surface area (Å²) in [5, 5.41) is 4.74. The van der Waals surface area contributed by atoms with Crippen molar-refractivity contribution in [2.24, 2.45) is 0 Å². The highest BCUT2D eigenvalue weighted by Crippen LogP contribution is 2.20. The van der Waals surface area contributed by atoms with E-state index in [1.807, 2.05) is 24.5 Å². The van der Waals surface area contributed by atoms with Gasteiger partial charge < -0.3 is 5.32 Å². The second-order valence-corrected chi connectivity index (χ2v) is 9.59. The minimum Gasteiger partial charge on any atom is -0.351 e. The lowest BCUT2D eigenvalue weighted by Crippen LogP contribution is -2.46. The van der Waals surface area contributed by atoms with E-state index in [0.29, 0.717) is 27.8 Å². The number of carbonyl (C=O) groups excluding carboxylic acids is 1. The molecule has 0 aliphatic heterocycles. The zero-order chi connectivity index (χ0) is 21.3. The van der Waals surface area contributed by atoms with Crippen molar-refractivity contribution in [1.29, 1.82) is 0 Å². The molecule has 2 aromatic rings. The fourth-order valence-electron chi connectivity index (χ4n) is 2.42. The smallest absolute Gasteiger partial charge is 0.238 e. The first-order chi connectivity index (χ1) is 13.8. The maximum Gasteiger partial charge on any atom is 0.238 e. The number of benzene rings is 2. The number of thioether (sulfide) groups is 1. The van der Waals surface area contributed by atoms with Crippen LogP contribution in [0.5, 0.6) is 0 Å². The monoisotopic (exact) mass is 472 g/mol. The van der Waals surface area contributed by atoms with E-state index < -0.39 is 22.0 Å². The van der Waals surface area contributed by atoms with Gasteiger partial charge in [0.25, 0.3) is 0 Å². The largest absolute Gasteiger partial charge is 0.351 e. The molecule has 0 heterocycles. The minimum atomic E-state index is -3.80. The van der Waals surface area contributed by atoms with Crippen LogP contribution in [-0.4, -0.2) is 32.4 Å². The molecule has 0 aliphatic rings. The highest BCUT2D eigenvalue weighted by atomic mass is 35.5. The second-order valence-electron chi connectivity index (χ2n) is 6.16. The molecule has 2 rings (SSSR count). The van der Waals surface area contributed by atoms with Crippen molar-refractivity contribution >= 4 is 57.0 Å². The van der Waals surface area contributed by atoms with Gasteiger partial charge in [0.05, 0.1) is 0 Å². The van der Waals surface area contributed by atoms with Crippen LogP contribution >= 0.6 is 35.0 Å². The summed E-state index contributed by atoms with van der Waals surface area (Å²) in [6.07, 6.45) is 3.74. The van der Waals surface area contributed by atoms with E-state index in [1.54, 1.807) is 30.3 Å². The molecule has 1 atom stereocenters. The Bertz CT molecular complexity index is 951. The summed E-state index contributed by atoms with van der Waals surface area (Å²) in [4.78, 5) is 12.6. The van der Waals surface area contributed by atoms with Gasteiger partial charge in [-0.15, -0.1) is 0 Å². The van der Waals surface area contributed by atoms with Gasteiger partial charge in [-0.05, 0) is 47.8 Å². The van der Waals surface area contributed by atoms with E-state index in [2.05, 4.69) is 10.0 Å². The summed E-state index contributed by atoms with van der Waals surface area (Å²) in [5.74, 6) is 0.215. The van der Waals surface area contributed by atoms with Crippen molar-refractivity contribution in [2.45, 2.75) is 19.0 Å². The van der Waals surface area contributed by atoms with Gasteiger partial charge in [0.2, 0.25) is 15.9 Å². The SMILES string of the molecule is CSCCC(NS(=O)(=O)/C=C/c1ccccc1)C(=O)NCc1ccc(Cl)cc1Cl. The molecule has 1 unspecified atom stereocenters. The number of hydrogen-bond acceptors (Lipinski definition) is 4. The summed E-state index contributed by atoms with van der Waals surface area (Å²) in [6, 6.07) is 13.2. The van der Waals surface area contributed by atoms with E-state index in [0.717, 1.165) is 11.0 Å². The van der Waals surface area contributed by atoms with Crippen molar-refractivity contribution < 1.29 is 13.2 Å². The molecule has 0 aliphatic carbocycles. The molecular formula is C20H22Cl2N2O3S2. The Morgan fingerprint density at radius 3 is 2.55 bits per heavy atom. The van der Waals surface area contributed by atoms with Gasteiger partial charge in [-0.2, -0.15) is 16.5 Å². The van der Waals surface area contributed by atoms with E-state index in [-0.39, 0.29) is 6.54 Å². The minimum absolute atomic E-state index is 0.173. The molecule has 0 spiro atoms. The average molecular weight is 473 g/mol. The van der Waals surface area contributed by atoms with Crippen LogP contribution in [0.1, 0.15) is 17.5 Å². The maximum atomic E-state index is 12.6. The summed E-state index contributed by atoms with van der Waals surface area (Å²) < 4.78 is 27.3. The normalized spacial score (nSPS) is 12.8. The molecule has 2 aromatic carbocycles. The number of sulfonamides is 1.